The van der Waals surface area contributed by atoms with E-state index in [9.17, 15) is 0 Å². The SMILES string of the molecule is CC1CB2CCC3(C)CB3C21. The van der Waals surface area contributed by atoms with Gasteiger partial charge in [0.2, 0.25) is 0 Å². The fourth-order valence-electron chi connectivity index (χ4n) is 3.94. The molecule has 0 N–H and O–H groups in total. The molecular formula is C9H16B2. The van der Waals surface area contributed by atoms with Gasteiger partial charge in [0.15, 0.2) is 0 Å². The van der Waals surface area contributed by atoms with Gasteiger partial charge in [-0.15, -0.1) is 0 Å². The Kier molecular flexibility index (Phi) is 1.04. The summed E-state index contributed by atoms with van der Waals surface area (Å²) < 4.78 is 0. The van der Waals surface area contributed by atoms with Crippen LogP contribution in [-0.2, 0) is 0 Å². The zero-order chi connectivity index (χ0) is 7.64. The van der Waals surface area contributed by atoms with Crippen LogP contribution in [-0.4, -0.2) is 13.4 Å². The molecular weight excluding hydrogens is 130 g/mol. The summed E-state index contributed by atoms with van der Waals surface area (Å²) in [5.41, 5.74) is 1.16. The highest BCUT2D eigenvalue weighted by molar-refractivity contribution is 6.91. The molecule has 0 spiro atoms. The van der Waals surface area contributed by atoms with Gasteiger partial charge in [0.1, 0.15) is 13.4 Å². The summed E-state index contributed by atoms with van der Waals surface area (Å²) in [5.74, 6) is 1.08. The minimum Gasteiger partial charge on any atom is -0.0805 e. The fourth-order valence-corrected chi connectivity index (χ4v) is 3.94. The Hall–Kier alpha value is 0.130. The molecule has 0 aromatic heterocycles. The van der Waals surface area contributed by atoms with Gasteiger partial charge >= 0.3 is 0 Å². The second-order valence-corrected chi connectivity index (χ2v) is 5.55. The van der Waals surface area contributed by atoms with Crippen molar-refractivity contribution in [2.75, 3.05) is 0 Å². The van der Waals surface area contributed by atoms with Gasteiger partial charge in [0.05, 0.1) is 0 Å². The van der Waals surface area contributed by atoms with Crippen molar-refractivity contribution < 1.29 is 0 Å². The van der Waals surface area contributed by atoms with E-state index in [0.29, 0.717) is 0 Å². The Bertz CT molecular complexity index is 204. The summed E-state index contributed by atoms with van der Waals surface area (Å²) in [4.78, 5) is 0. The maximum absolute atomic E-state index is 2.51. The molecule has 3 saturated heterocycles. The van der Waals surface area contributed by atoms with Gasteiger partial charge in [0, 0.05) is 0 Å². The Morgan fingerprint density at radius 3 is 2.91 bits per heavy atom. The molecule has 0 bridgehead atoms. The molecule has 3 rings (SSSR count). The standard InChI is InChI=1S/C9H16B2/c1-7-5-10-4-3-9(2)6-11(9)8(7)10/h7-8H,3-6H2,1-2H3. The lowest BCUT2D eigenvalue weighted by molar-refractivity contribution is 0.570. The van der Waals surface area contributed by atoms with Gasteiger partial charge in [-0.05, 0) is 0 Å². The molecule has 0 aromatic rings. The first-order valence-corrected chi connectivity index (χ1v) is 5.21. The molecule has 0 amide bonds. The molecule has 0 saturated carbocycles. The monoisotopic (exact) mass is 146 g/mol. The van der Waals surface area contributed by atoms with Crippen molar-refractivity contribution in [1.82, 2.24) is 0 Å². The number of hydrogen-bond acceptors (Lipinski definition) is 0. The molecule has 0 aliphatic carbocycles. The summed E-state index contributed by atoms with van der Waals surface area (Å²) in [7, 11) is 0. The second kappa shape index (κ2) is 1.72. The summed E-state index contributed by atoms with van der Waals surface area (Å²) in [5, 5.41) is 0.829. The number of fused-ring (bicyclic) bond motifs is 3. The van der Waals surface area contributed by atoms with E-state index in [2.05, 4.69) is 13.8 Å². The third-order valence-corrected chi connectivity index (χ3v) is 4.85. The van der Waals surface area contributed by atoms with Gasteiger partial charge in [-0.1, -0.05) is 56.2 Å². The predicted octanol–water partition coefficient (Wildman–Crippen LogP) is 2.71. The van der Waals surface area contributed by atoms with Crippen LogP contribution in [0, 0.1) is 5.92 Å². The molecule has 3 heterocycles. The zero-order valence-corrected chi connectivity index (χ0v) is 7.64. The molecule has 3 unspecified atom stereocenters. The van der Waals surface area contributed by atoms with Crippen LogP contribution in [0.1, 0.15) is 20.3 Å². The van der Waals surface area contributed by atoms with E-state index in [0.717, 1.165) is 30.4 Å². The molecule has 2 heteroatoms. The van der Waals surface area contributed by atoms with Crippen LogP contribution in [0.4, 0.5) is 0 Å². The van der Waals surface area contributed by atoms with E-state index in [1.54, 1.807) is 25.4 Å². The lowest BCUT2D eigenvalue weighted by atomic mass is 9.10. The molecule has 0 aromatic carbocycles. The van der Waals surface area contributed by atoms with Crippen molar-refractivity contribution in [2.24, 2.45) is 5.92 Å². The summed E-state index contributed by atoms with van der Waals surface area (Å²) >= 11 is 0. The maximum Gasteiger partial charge on any atom is 0.141 e. The molecule has 3 atom stereocenters. The maximum atomic E-state index is 2.51. The van der Waals surface area contributed by atoms with E-state index in [1.165, 1.54) is 0 Å². The van der Waals surface area contributed by atoms with Gasteiger partial charge < -0.3 is 0 Å². The van der Waals surface area contributed by atoms with E-state index < -0.39 is 0 Å². The van der Waals surface area contributed by atoms with Crippen LogP contribution in [0.2, 0.25) is 30.0 Å². The normalized spacial score (nSPS) is 52.9. The first-order valence-electron chi connectivity index (χ1n) is 5.21. The first kappa shape index (κ1) is 6.62. The zero-order valence-electron chi connectivity index (χ0n) is 7.64. The minimum atomic E-state index is 0.829. The number of hydrogen-bond donors (Lipinski definition) is 0. The van der Waals surface area contributed by atoms with E-state index >= 15 is 0 Å². The lowest BCUT2D eigenvalue weighted by Crippen LogP contribution is -2.46. The smallest absolute Gasteiger partial charge is 0.0805 e. The van der Waals surface area contributed by atoms with Gasteiger partial charge in [-0.25, -0.2) is 0 Å². The summed E-state index contributed by atoms with van der Waals surface area (Å²) in [6.07, 6.45) is 6.23. The summed E-state index contributed by atoms with van der Waals surface area (Å²) in [6, 6.07) is 0. The third-order valence-electron chi connectivity index (χ3n) is 4.85. The highest BCUT2D eigenvalue weighted by Crippen LogP contribution is 2.70. The largest absolute Gasteiger partial charge is 0.141 e. The quantitative estimate of drug-likeness (QED) is 0.460. The van der Waals surface area contributed by atoms with Gasteiger partial charge in [-0.2, -0.15) is 0 Å². The van der Waals surface area contributed by atoms with Crippen LogP contribution in [0.3, 0.4) is 0 Å². The van der Waals surface area contributed by atoms with Crippen LogP contribution in [0.5, 0.6) is 0 Å². The van der Waals surface area contributed by atoms with Crippen molar-refractivity contribution in [1.29, 1.82) is 0 Å². The molecule has 0 nitrogen and oxygen atoms in total. The Balaban J connectivity index is 1.83. The minimum absolute atomic E-state index is 0.829. The Morgan fingerprint density at radius 1 is 1.45 bits per heavy atom. The first-order chi connectivity index (χ1) is 5.21. The summed E-state index contributed by atoms with van der Waals surface area (Å²) in [6.45, 7) is 7.29. The molecule has 3 aliphatic rings. The van der Waals surface area contributed by atoms with Gasteiger partial charge in [0.25, 0.3) is 0 Å². The third kappa shape index (κ3) is 0.691. The van der Waals surface area contributed by atoms with Crippen molar-refractivity contribution in [2.45, 2.75) is 50.3 Å². The van der Waals surface area contributed by atoms with Crippen LogP contribution >= 0.6 is 0 Å². The van der Waals surface area contributed by atoms with Crippen LogP contribution in [0.25, 0.3) is 0 Å². The van der Waals surface area contributed by atoms with E-state index in [-0.39, 0.29) is 0 Å². The highest BCUT2D eigenvalue weighted by atomic mass is 14.4. The predicted molar refractivity (Wildman–Crippen MR) is 51.8 cm³/mol. The van der Waals surface area contributed by atoms with E-state index in [1.807, 2.05) is 0 Å². The van der Waals surface area contributed by atoms with Crippen molar-refractivity contribution in [3.8, 4) is 0 Å². The fraction of sp³-hybridized carbons (Fsp3) is 1.00. The topological polar surface area (TPSA) is 0 Å². The molecule has 58 valence electrons. The molecule has 3 aliphatic heterocycles. The van der Waals surface area contributed by atoms with Crippen molar-refractivity contribution >= 4 is 13.4 Å². The molecule has 3 fully saturated rings. The lowest BCUT2D eigenvalue weighted by Gasteiger charge is -2.45. The average Bonchev–Trinajstić information content (AvgIpc) is 2.56. The highest BCUT2D eigenvalue weighted by Gasteiger charge is 2.65. The van der Waals surface area contributed by atoms with Crippen molar-refractivity contribution in [3.05, 3.63) is 0 Å². The van der Waals surface area contributed by atoms with Crippen molar-refractivity contribution in [3.63, 3.8) is 0 Å². The van der Waals surface area contributed by atoms with E-state index in [4.69, 9.17) is 0 Å². The number of rotatable bonds is 0. The molecule has 11 heavy (non-hydrogen) atoms. The van der Waals surface area contributed by atoms with Crippen LogP contribution < -0.4 is 0 Å². The molecule has 0 radical (unpaired) electrons. The Morgan fingerprint density at radius 2 is 2.27 bits per heavy atom. The van der Waals surface area contributed by atoms with Crippen LogP contribution in [0.15, 0.2) is 0 Å². The average molecular weight is 146 g/mol. The Labute approximate surface area is 70.3 Å². The van der Waals surface area contributed by atoms with Gasteiger partial charge in [-0.3, -0.25) is 0 Å². The second-order valence-electron chi connectivity index (χ2n) is 5.55.